The van der Waals surface area contributed by atoms with Crippen molar-refractivity contribution in [1.82, 2.24) is 34.9 Å². The average molecular weight is 513 g/mol. The minimum atomic E-state index is -0.665. The van der Waals surface area contributed by atoms with Crippen molar-refractivity contribution in [3.63, 3.8) is 0 Å². The second-order valence-corrected chi connectivity index (χ2v) is 11.4. The van der Waals surface area contributed by atoms with E-state index in [0.717, 1.165) is 29.8 Å². The van der Waals surface area contributed by atoms with Gasteiger partial charge >= 0.3 is 0 Å². The van der Waals surface area contributed by atoms with Crippen LogP contribution in [0.15, 0.2) is 42.9 Å². The molecule has 192 valence electrons. The van der Waals surface area contributed by atoms with Gasteiger partial charge in [0.2, 0.25) is 0 Å². The molecule has 3 heterocycles. The van der Waals surface area contributed by atoms with Gasteiger partial charge in [0, 0.05) is 12.6 Å². The molecule has 0 unspecified atom stereocenters. The van der Waals surface area contributed by atoms with Crippen LogP contribution in [0.25, 0.3) is 17.2 Å². The molecule has 1 fully saturated rings. The first-order valence-electron chi connectivity index (χ1n) is 12.6. The Hall–Kier alpha value is -4.13. The van der Waals surface area contributed by atoms with Crippen LogP contribution in [0, 0.1) is 33.8 Å². The summed E-state index contributed by atoms with van der Waals surface area (Å²) in [4.78, 5) is 13.7. The van der Waals surface area contributed by atoms with Gasteiger partial charge in [0.25, 0.3) is 5.95 Å². The molecule has 2 aliphatic rings. The van der Waals surface area contributed by atoms with Crippen molar-refractivity contribution < 1.29 is 8.78 Å². The first-order valence-corrected chi connectivity index (χ1v) is 12.6. The summed E-state index contributed by atoms with van der Waals surface area (Å²) in [7, 11) is 0. The Kier molecular flexibility index (Phi) is 5.22. The van der Waals surface area contributed by atoms with Crippen LogP contribution in [0.4, 0.5) is 8.78 Å². The number of nitriles is 1. The standard InChI is InChI=1S/C28H26F2N8/c1-26(2,14-31)13-22-33-15-38(37-22)25-32-11-9-21(34-25)28-10-8-17(27(28,3)4)16-12-20(35-36-24(16)28)23-18(29)6-5-7-19(23)30/h5-7,9,11-12,15,17H,8,10,13H2,1-4H3/t17-,28+/m0/s1. The van der Waals surface area contributed by atoms with E-state index < -0.39 is 22.5 Å². The smallest absolute Gasteiger partial charge is 0.220 e. The van der Waals surface area contributed by atoms with E-state index in [2.05, 4.69) is 45.2 Å². The molecule has 3 aromatic heterocycles. The number of halogens is 2. The summed E-state index contributed by atoms with van der Waals surface area (Å²) in [5.41, 5.74) is 1.16. The van der Waals surface area contributed by atoms with Gasteiger partial charge in [-0.05, 0) is 67.9 Å². The molecule has 1 aromatic carbocycles. The third-order valence-corrected chi connectivity index (χ3v) is 8.33. The molecule has 38 heavy (non-hydrogen) atoms. The normalized spacial score (nSPS) is 21.3. The Morgan fingerprint density at radius 2 is 1.89 bits per heavy atom. The predicted molar refractivity (Wildman–Crippen MR) is 134 cm³/mol. The van der Waals surface area contributed by atoms with Crippen molar-refractivity contribution in [3.8, 4) is 23.3 Å². The lowest BCUT2D eigenvalue weighted by Crippen LogP contribution is -2.38. The second kappa shape index (κ2) is 8.18. The SMILES string of the molecule is CC(C)(C#N)Cc1ncn(-c2nccc([C@]34CC[C@@H](c5cc(-c6c(F)cccc6F)nnc53)C4(C)C)n2)n1. The minimum Gasteiger partial charge on any atom is -0.220 e. The zero-order valence-electron chi connectivity index (χ0n) is 21.6. The predicted octanol–water partition coefficient (Wildman–Crippen LogP) is 5.09. The number of hydrogen-bond acceptors (Lipinski definition) is 7. The molecule has 2 aliphatic carbocycles. The summed E-state index contributed by atoms with van der Waals surface area (Å²) in [5, 5.41) is 22.8. The third-order valence-electron chi connectivity index (χ3n) is 8.33. The van der Waals surface area contributed by atoms with E-state index in [1.54, 1.807) is 18.6 Å². The van der Waals surface area contributed by atoms with Gasteiger partial charge in [0.05, 0.1) is 39.5 Å². The van der Waals surface area contributed by atoms with Gasteiger partial charge in [-0.25, -0.2) is 23.7 Å². The van der Waals surface area contributed by atoms with Crippen molar-refractivity contribution in [3.05, 3.63) is 77.3 Å². The quantitative estimate of drug-likeness (QED) is 0.367. The Morgan fingerprint density at radius 1 is 1.13 bits per heavy atom. The highest BCUT2D eigenvalue weighted by Gasteiger charge is 2.65. The summed E-state index contributed by atoms with van der Waals surface area (Å²) in [6, 6.07) is 9.74. The van der Waals surface area contributed by atoms with Crippen molar-refractivity contribution >= 4 is 0 Å². The molecule has 2 atom stereocenters. The lowest BCUT2D eigenvalue weighted by Gasteiger charge is -2.37. The number of hydrogen-bond donors (Lipinski definition) is 0. The maximum absolute atomic E-state index is 14.5. The molecule has 0 spiro atoms. The maximum Gasteiger partial charge on any atom is 0.252 e. The molecule has 0 amide bonds. The van der Waals surface area contributed by atoms with Crippen LogP contribution < -0.4 is 0 Å². The van der Waals surface area contributed by atoms with Gasteiger partial charge in [-0.1, -0.05) is 19.9 Å². The van der Waals surface area contributed by atoms with Crippen LogP contribution >= 0.6 is 0 Å². The van der Waals surface area contributed by atoms with E-state index in [-0.39, 0.29) is 22.6 Å². The molecule has 2 bridgehead atoms. The van der Waals surface area contributed by atoms with Gasteiger partial charge in [0.15, 0.2) is 5.82 Å². The third kappa shape index (κ3) is 3.37. The Labute approximate surface area is 218 Å². The van der Waals surface area contributed by atoms with Crippen LogP contribution in [0.2, 0.25) is 0 Å². The Morgan fingerprint density at radius 3 is 2.63 bits per heavy atom. The van der Waals surface area contributed by atoms with E-state index in [0.29, 0.717) is 18.2 Å². The number of fused-ring (bicyclic) bond motifs is 5. The van der Waals surface area contributed by atoms with Crippen LogP contribution in [-0.4, -0.2) is 34.9 Å². The Balaban J connectivity index is 1.43. The molecular weight excluding hydrogens is 486 g/mol. The summed E-state index contributed by atoms with van der Waals surface area (Å²) >= 11 is 0. The summed E-state index contributed by atoms with van der Waals surface area (Å²) in [6.45, 7) is 8.06. The average Bonchev–Trinajstić information content (AvgIpc) is 3.51. The molecular formula is C28H26F2N8. The van der Waals surface area contributed by atoms with Crippen LogP contribution in [-0.2, 0) is 11.8 Å². The van der Waals surface area contributed by atoms with Gasteiger partial charge < -0.3 is 0 Å². The minimum absolute atomic E-state index is 0.131. The largest absolute Gasteiger partial charge is 0.252 e. The highest BCUT2D eigenvalue weighted by molar-refractivity contribution is 5.64. The van der Waals surface area contributed by atoms with E-state index in [1.165, 1.54) is 22.9 Å². The van der Waals surface area contributed by atoms with Crippen LogP contribution in [0.3, 0.4) is 0 Å². The van der Waals surface area contributed by atoms with Crippen molar-refractivity contribution in [1.29, 1.82) is 5.26 Å². The first kappa shape index (κ1) is 24.2. The second-order valence-electron chi connectivity index (χ2n) is 11.4. The number of rotatable bonds is 5. The zero-order valence-corrected chi connectivity index (χ0v) is 21.6. The van der Waals surface area contributed by atoms with Crippen molar-refractivity contribution in [2.75, 3.05) is 0 Å². The van der Waals surface area contributed by atoms with Gasteiger partial charge in [-0.3, -0.25) is 0 Å². The fourth-order valence-corrected chi connectivity index (χ4v) is 6.36. The molecule has 10 heteroatoms. The number of aromatic nitrogens is 7. The molecule has 8 nitrogen and oxygen atoms in total. The van der Waals surface area contributed by atoms with Crippen LogP contribution in [0.1, 0.15) is 69.2 Å². The van der Waals surface area contributed by atoms with E-state index >= 15 is 0 Å². The highest BCUT2D eigenvalue weighted by atomic mass is 19.1. The van der Waals surface area contributed by atoms with Crippen LogP contribution in [0.5, 0.6) is 0 Å². The highest BCUT2D eigenvalue weighted by Crippen LogP contribution is 2.69. The molecule has 0 radical (unpaired) electrons. The lowest BCUT2D eigenvalue weighted by atomic mass is 9.66. The van der Waals surface area contributed by atoms with Crippen molar-refractivity contribution in [2.45, 2.75) is 58.3 Å². The molecule has 4 aromatic rings. The van der Waals surface area contributed by atoms with E-state index in [9.17, 15) is 14.0 Å². The molecule has 6 rings (SSSR count). The maximum atomic E-state index is 14.5. The van der Waals surface area contributed by atoms with Crippen molar-refractivity contribution in [2.24, 2.45) is 10.8 Å². The number of nitrogens with zero attached hydrogens (tertiary/aromatic N) is 8. The van der Waals surface area contributed by atoms with Gasteiger partial charge in [-0.2, -0.15) is 15.0 Å². The van der Waals surface area contributed by atoms with E-state index in [1.807, 2.05) is 19.9 Å². The molecule has 0 N–H and O–H groups in total. The van der Waals surface area contributed by atoms with Gasteiger partial charge in [0.1, 0.15) is 18.0 Å². The molecule has 0 saturated heterocycles. The molecule has 0 aliphatic heterocycles. The zero-order chi connectivity index (χ0) is 26.9. The van der Waals surface area contributed by atoms with Gasteiger partial charge in [-0.15, -0.1) is 10.2 Å². The fourth-order valence-electron chi connectivity index (χ4n) is 6.36. The summed E-state index contributed by atoms with van der Waals surface area (Å²) in [6.07, 6.45) is 5.36. The summed E-state index contributed by atoms with van der Waals surface area (Å²) < 4.78 is 30.6. The number of benzene rings is 1. The topological polar surface area (TPSA) is 106 Å². The monoisotopic (exact) mass is 512 g/mol. The Bertz CT molecular complexity index is 1600. The summed E-state index contributed by atoms with van der Waals surface area (Å²) in [5.74, 6) is -0.290. The lowest BCUT2D eigenvalue weighted by molar-refractivity contribution is 0.242. The van der Waals surface area contributed by atoms with E-state index in [4.69, 9.17) is 4.98 Å². The molecule has 1 saturated carbocycles. The first-order chi connectivity index (χ1) is 18.1. The fraction of sp³-hybridized carbons (Fsp3) is 0.393.